The van der Waals surface area contributed by atoms with Gasteiger partial charge >= 0.3 is 0 Å². The van der Waals surface area contributed by atoms with Gasteiger partial charge in [-0.25, -0.2) is 0 Å². The molecule has 0 saturated heterocycles. The minimum absolute atomic E-state index is 0.000676. The first-order valence-corrected chi connectivity index (χ1v) is 10.9. The molecule has 2 atom stereocenters. The molecule has 1 aliphatic heterocycles. The summed E-state index contributed by atoms with van der Waals surface area (Å²) in [6.45, 7) is 6.08. The van der Waals surface area contributed by atoms with E-state index in [1.54, 1.807) is 14.2 Å². The largest absolute Gasteiger partial charge is 0.493 e. The van der Waals surface area contributed by atoms with Crippen LogP contribution in [0.4, 0.5) is 0 Å². The van der Waals surface area contributed by atoms with Gasteiger partial charge in [-0.15, -0.1) is 0 Å². The third-order valence-corrected chi connectivity index (χ3v) is 6.45. The molecule has 1 saturated carbocycles. The Labute approximate surface area is 179 Å². The first-order chi connectivity index (χ1) is 14.5. The van der Waals surface area contributed by atoms with Gasteiger partial charge in [-0.05, 0) is 67.5 Å². The zero-order valence-electron chi connectivity index (χ0n) is 18.4. The summed E-state index contributed by atoms with van der Waals surface area (Å²) in [7, 11) is 3.35. The highest BCUT2D eigenvalue weighted by molar-refractivity contribution is 5.81. The number of rotatable bonds is 7. The monoisotopic (exact) mass is 408 g/mol. The molecular formula is C25H32N2O3. The fourth-order valence-electron chi connectivity index (χ4n) is 4.56. The molecule has 2 aromatic rings. The van der Waals surface area contributed by atoms with Crippen LogP contribution in [0.2, 0.25) is 0 Å². The van der Waals surface area contributed by atoms with Crippen molar-refractivity contribution in [1.29, 1.82) is 0 Å². The Balaban J connectivity index is 1.69. The van der Waals surface area contributed by atoms with Gasteiger partial charge < -0.3 is 14.8 Å². The highest BCUT2D eigenvalue weighted by Gasteiger charge is 2.36. The second-order valence-corrected chi connectivity index (χ2v) is 8.57. The summed E-state index contributed by atoms with van der Waals surface area (Å²) in [4.78, 5) is 15.0. The predicted octanol–water partition coefficient (Wildman–Crippen LogP) is 4.03. The van der Waals surface area contributed by atoms with Gasteiger partial charge in [-0.3, -0.25) is 9.69 Å². The van der Waals surface area contributed by atoms with Gasteiger partial charge in [0.05, 0.1) is 20.3 Å². The summed E-state index contributed by atoms with van der Waals surface area (Å²) >= 11 is 0. The van der Waals surface area contributed by atoms with Crippen molar-refractivity contribution in [2.45, 2.75) is 51.7 Å². The van der Waals surface area contributed by atoms with Gasteiger partial charge in [0, 0.05) is 25.0 Å². The standard InChI is InChI=1S/C25H32N2O3/c1-16-7-5-6-8-20(16)15-27-12-11-19-13-22(29-3)23(30-4)14-21(19)24(27)17(2)26-25(28)18-9-10-18/h5-8,13-14,17-18,24H,9-12,15H2,1-4H3,(H,26,28)/t17-,24-/m1/s1. The van der Waals surface area contributed by atoms with Crippen LogP contribution in [0, 0.1) is 12.8 Å². The van der Waals surface area contributed by atoms with Crippen molar-refractivity contribution in [2.24, 2.45) is 5.92 Å². The van der Waals surface area contributed by atoms with Gasteiger partial charge in [0.25, 0.3) is 0 Å². The summed E-state index contributed by atoms with van der Waals surface area (Å²) in [6, 6.07) is 12.8. The van der Waals surface area contributed by atoms with Gasteiger partial charge in [-0.1, -0.05) is 24.3 Å². The van der Waals surface area contributed by atoms with Crippen LogP contribution < -0.4 is 14.8 Å². The number of benzene rings is 2. The quantitative estimate of drug-likeness (QED) is 0.752. The van der Waals surface area contributed by atoms with E-state index >= 15 is 0 Å². The van der Waals surface area contributed by atoms with E-state index in [9.17, 15) is 4.79 Å². The van der Waals surface area contributed by atoms with Crippen molar-refractivity contribution in [3.63, 3.8) is 0 Å². The molecule has 0 radical (unpaired) electrons. The molecule has 2 aromatic carbocycles. The van der Waals surface area contributed by atoms with Crippen molar-refractivity contribution in [3.8, 4) is 11.5 Å². The molecular weight excluding hydrogens is 376 g/mol. The van der Waals surface area contributed by atoms with E-state index in [1.807, 2.05) is 0 Å². The topological polar surface area (TPSA) is 50.8 Å². The number of carbonyl (C=O) groups excluding carboxylic acids is 1. The van der Waals surface area contributed by atoms with Gasteiger partial charge in [0.1, 0.15) is 0 Å². The number of amides is 1. The molecule has 0 bridgehead atoms. The Morgan fingerprint density at radius 2 is 1.87 bits per heavy atom. The molecule has 30 heavy (non-hydrogen) atoms. The van der Waals surface area contributed by atoms with E-state index in [2.05, 4.69) is 60.5 Å². The molecule has 1 aliphatic carbocycles. The van der Waals surface area contributed by atoms with Crippen molar-refractivity contribution in [1.82, 2.24) is 10.2 Å². The summed E-state index contributed by atoms with van der Waals surface area (Å²) in [5, 5.41) is 3.30. The lowest BCUT2D eigenvalue weighted by Crippen LogP contribution is -2.47. The first kappa shape index (κ1) is 20.7. The molecule has 0 spiro atoms. The maximum absolute atomic E-state index is 12.5. The van der Waals surface area contributed by atoms with Gasteiger partial charge in [0.15, 0.2) is 11.5 Å². The molecule has 160 valence electrons. The van der Waals surface area contributed by atoms with E-state index in [1.165, 1.54) is 22.3 Å². The third-order valence-electron chi connectivity index (χ3n) is 6.45. The zero-order valence-corrected chi connectivity index (χ0v) is 18.4. The summed E-state index contributed by atoms with van der Waals surface area (Å²) in [5.74, 6) is 1.88. The number of nitrogens with zero attached hydrogens (tertiary/aromatic N) is 1. The fourth-order valence-corrected chi connectivity index (χ4v) is 4.56. The summed E-state index contributed by atoms with van der Waals surface area (Å²) in [5.41, 5.74) is 5.11. The van der Waals surface area contributed by atoms with Crippen molar-refractivity contribution >= 4 is 5.91 Å². The lowest BCUT2D eigenvalue weighted by molar-refractivity contribution is -0.123. The van der Waals surface area contributed by atoms with Gasteiger partial charge in [0.2, 0.25) is 5.91 Å². The lowest BCUT2D eigenvalue weighted by Gasteiger charge is -2.41. The zero-order chi connectivity index (χ0) is 21.3. The fraction of sp³-hybridized carbons (Fsp3) is 0.480. The molecule has 1 fully saturated rings. The number of fused-ring (bicyclic) bond motifs is 1. The van der Waals surface area contributed by atoms with E-state index in [4.69, 9.17) is 9.47 Å². The number of carbonyl (C=O) groups is 1. The Bertz CT molecular complexity index is 923. The summed E-state index contributed by atoms with van der Waals surface area (Å²) in [6.07, 6.45) is 2.97. The van der Waals surface area contributed by atoms with E-state index in [0.717, 1.165) is 43.9 Å². The van der Waals surface area contributed by atoms with Gasteiger partial charge in [-0.2, -0.15) is 0 Å². The molecule has 1 amide bonds. The van der Waals surface area contributed by atoms with E-state index in [0.29, 0.717) is 0 Å². The van der Waals surface area contributed by atoms with E-state index in [-0.39, 0.29) is 23.9 Å². The Morgan fingerprint density at radius 3 is 2.53 bits per heavy atom. The molecule has 1 N–H and O–H groups in total. The first-order valence-electron chi connectivity index (χ1n) is 10.9. The highest BCUT2D eigenvalue weighted by atomic mass is 16.5. The van der Waals surface area contributed by atoms with Crippen LogP contribution in [-0.2, 0) is 17.8 Å². The molecule has 5 heteroatoms. The molecule has 0 aromatic heterocycles. The Hall–Kier alpha value is -2.53. The maximum Gasteiger partial charge on any atom is 0.223 e. The van der Waals surface area contributed by atoms with Crippen LogP contribution in [0.5, 0.6) is 11.5 Å². The maximum atomic E-state index is 12.5. The number of methoxy groups -OCH3 is 2. The van der Waals surface area contributed by atoms with Crippen LogP contribution in [0.3, 0.4) is 0 Å². The predicted molar refractivity (Wildman–Crippen MR) is 118 cm³/mol. The molecule has 4 rings (SSSR count). The second kappa shape index (κ2) is 8.68. The molecule has 5 nitrogen and oxygen atoms in total. The highest BCUT2D eigenvalue weighted by Crippen LogP contribution is 2.40. The third kappa shape index (κ3) is 4.17. The molecule has 1 heterocycles. The van der Waals surface area contributed by atoms with Crippen LogP contribution in [0.1, 0.15) is 48.1 Å². The van der Waals surface area contributed by atoms with Crippen LogP contribution in [0.25, 0.3) is 0 Å². The molecule has 0 unspecified atom stereocenters. The normalized spacial score (nSPS) is 19.7. The van der Waals surface area contributed by atoms with Crippen LogP contribution in [0.15, 0.2) is 36.4 Å². The van der Waals surface area contributed by atoms with Crippen molar-refractivity contribution < 1.29 is 14.3 Å². The van der Waals surface area contributed by atoms with E-state index < -0.39 is 0 Å². The number of nitrogens with one attached hydrogen (secondary N) is 1. The number of hydrogen-bond donors (Lipinski definition) is 1. The van der Waals surface area contributed by atoms with Crippen LogP contribution in [-0.4, -0.2) is 37.6 Å². The minimum atomic E-state index is -0.000676. The summed E-state index contributed by atoms with van der Waals surface area (Å²) < 4.78 is 11.1. The average Bonchev–Trinajstić information content (AvgIpc) is 3.59. The average molecular weight is 409 g/mol. The smallest absolute Gasteiger partial charge is 0.223 e. The second-order valence-electron chi connectivity index (χ2n) is 8.57. The van der Waals surface area contributed by atoms with Crippen LogP contribution >= 0.6 is 0 Å². The van der Waals surface area contributed by atoms with Crippen molar-refractivity contribution in [3.05, 3.63) is 58.7 Å². The Kier molecular flexibility index (Phi) is 6.00. The number of ether oxygens (including phenoxy) is 2. The van der Waals surface area contributed by atoms with Crippen molar-refractivity contribution in [2.75, 3.05) is 20.8 Å². The minimum Gasteiger partial charge on any atom is -0.493 e. The number of hydrogen-bond acceptors (Lipinski definition) is 4. The SMILES string of the molecule is COc1cc2c(cc1OC)[C@@H]([C@@H](C)NC(=O)C1CC1)N(Cc1ccccc1C)CC2. The number of aryl methyl sites for hydroxylation is 1. The lowest BCUT2D eigenvalue weighted by atomic mass is 9.87. The molecule has 2 aliphatic rings. The Morgan fingerprint density at radius 1 is 1.17 bits per heavy atom.